The lowest BCUT2D eigenvalue weighted by Crippen LogP contribution is -2.45. The molecule has 2 aliphatic heterocycles. The Morgan fingerprint density at radius 3 is 2.51 bits per heavy atom. The van der Waals surface area contributed by atoms with Gasteiger partial charge in [-0.25, -0.2) is 4.98 Å². The van der Waals surface area contributed by atoms with Crippen LogP contribution < -0.4 is 9.64 Å². The first-order valence-electron chi connectivity index (χ1n) is 13.5. The van der Waals surface area contributed by atoms with Gasteiger partial charge in [-0.3, -0.25) is 9.69 Å². The van der Waals surface area contributed by atoms with E-state index < -0.39 is 0 Å². The molecule has 0 N–H and O–H groups in total. The number of fused-ring (bicyclic) bond motifs is 2. The van der Waals surface area contributed by atoms with Crippen molar-refractivity contribution < 1.29 is 9.53 Å². The average molecular weight is 495 g/mol. The van der Waals surface area contributed by atoms with Gasteiger partial charge in [-0.2, -0.15) is 0 Å². The number of rotatable bonds is 7. The molecule has 6 rings (SSSR count). The minimum Gasteiger partial charge on any atom is -0.486 e. The number of aromatic nitrogens is 2. The maximum absolute atomic E-state index is 13.2. The summed E-state index contributed by atoms with van der Waals surface area (Å²) in [5.74, 6) is 2.60. The lowest BCUT2D eigenvalue weighted by molar-refractivity contribution is -0.120. The van der Waals surface area contributed by atoms with Gasteiger partial charge in [0.05, 0.1) is 17.6 Å². The number of benzene rings is 3. The Balaban J connectivity index is 1.09. The third-order valence-corrected chi connectivity index (χ3v) is 7.76. The summed E-state index contributed by atoms with van der Waals surface area (Å²) in [6, 6.07) is 26.6. The molecule has 4 aromatic rings. The molecule has 3 aromatic carbocycles. The molecule has 37 heavy (non-hydrogen) atoms. The summed E-state index contributed by atoms with van der Waals surface area (Å²) in [6.07, 6.45) is 4.26. The summed E-state index contributed by atoms with van der Waals surface area (Å²) in [5.41, 5.74) is 4.57. The lowest BCUT2D eigenvalue weighted by Gasteiger charge is -2.35. The van der Waals surface area contributed by atoms with E-state index in [1.54, 1.807) is 0 Å². The molecular formula is C31H34N4O2. The number of nitrogens with zero attached hydrogens (tertiary/aromatic N) is 4. The van der Waals surface area contributed by atoms with Crippen LogP contribution in [0.5, 0.6) is 5.75 Å². The van der Waals surface area contributed by atoms with Gasteiger partial charge in [0.1, 0.15) is 18.2 Å². The van der Waals surface area contributed by atoms with E-state index >= 15 is 0 Å². The smallest absolute Gasteiger partial charge is 0.241 e. The van der Waals surface area contributed by atoms with Crippen LogP contribution in [0.3, 0.4) is 0 Å². The first kappa shape index (κ1) is 23.7. The molecule has 1 fully saturated rings. The number of imidazole rings is 1. The highest BCUT2D eigenvalue weighted by Crippen LogP contribution is 2.28. The molecular weight excluding hydrogens is 460 g/mol. The van der Waals surface area contributed by atoms with Gasteiger partial charge < -0.3 is 14.2 Å². The van der Waals surface area contributed by atoms with Gasteiger partial charge in [-0.1, -0.05) is 48.5 Å². The van der Waals surface area contributed by atoms with Crippen LogP contribution in [-0.2, 0) is 24.4 Å². The normalized spacial score (nSPS) is 16.6. The molecule has 3 heterocycles. The monoisotopic (exact) mass is 494 g/mol. The molecule has 1 amide bonds. The fourth-order valence-corrected chi connectivity index (χ4v) is 5.76. The van der Waals surface area contributed by atoms with E-state index in [1.165, 1.54) is 5.56 Å². The largest absolute Gasteiger partial charge is 0.486 e. The maximum Gasteiger partial charge on any atom is 0.241 e. The minimum absolute atomic E-state index is 0.228. The van der Waals surface area contributed by atoms with Crippen LogP contribution in [0.25, 0.3) is 11.0 Å². The summed E-state index contributed by atoms with van der Waals surface area (Å²) in [5, 5.41) is 0. The van der Waals surface area contributed by atoms with Gasteiger partial charge in [0, 0.05) is 18.8 Å². The zero-order valence-corrected chi connectivity index (χ0v) is 21.3. The SMILES string of the molecule is O=C(CN1CCC(Cn2c(COc3ccccc3)nc3ccccc32)CC1)N1CCCc2ccccc21. The maximum atomic E-state index is 13.2. The molecule has 6 heteroatoms. The molecule has 0 radical (unpaired) electrons. The van der Waals surface area contributed by atoms with Gasteiger partial charge in [0.25, 0.3) is 0 Å². The molecule has 1 saturated heterocycles. The molecule has 6 nitrogen and oxygen atoms in total. The Hall–Kier alpha value is -3.64. The van der Waals surface area contributed by atoms with Crippen molar-refractivity contribution in [2.45, 2.75) is 38.8 Å². The number of aryl methyl sites for hydroxylation is 1. The van der Waals surface area contributed by atoms with Gasteiger partial charge in [0.2, 0.25) is 5.91 Å². The van der Waals surface area contributed by atoms with Crippen molar-refractivity contribution in [3.05, 3.63) is 90.3 Å². The standard InChI is InChI=1S/C31H34N4O2/c36-31(34-18-8-10-25-9-4-6-14-28(25)34)22-33-19-16-24(17-20-33)21-35-29-15-7-5-13-27(29)32-30(35)23-37-26-11-2-1-3-12-26/h1-7,9,11-15,24H,8,10,16-23H2. The van der Waals surface area contributed by atoms with Gasteiger partial charge in [-0.05, 0) is 80.6 Å². The van der Waals surface area contributed by atoms with E-state index in [9.17, 15) is 4.79 Å². The highest BCUT2D eigenvalue weighted by Gasteiger charge is 2.27. The van der Waals surface area contributed by atoms with Gasteiger partial charge in [-0.15, -0.1) is 0 Å². The van der Waals surface area contributed by atoms with Crippen molar-refractivity contribution in [2.75, 3.05) is 31.1 Å². The second-order valence-corrected chi connectivity index (χ2v) is 10.2. The zero-order valence-electron chi connectivity index (χ0n) is 21.3. The van der Waals surface area contributed by atoms with Crippen LogP contribution in [0.1, 0.15) is 30.7 Å². The number of amides is 1. The summed E-state index contributed by atoms with van der Waals surface area (Å²) in [6.45, 7) is 4.61. The van der Waals surface area contributed by atoms with Crippen molar-refractivity contribution >= 4 is 22.6 Å². The van der Waals surface area contributed by atoms with Crippen molar-refractivity contribution in [1.29, 1.82) is 0 Å². The summed E-state index contributed by atoms with van der Waals surface area (Å²) in [7, 11) is 0. The van der Waals surface area contributed by atoms with E-state index in [0.29, 0.717) is 19.1 Å². The van der Waals surface area contributed by atoms with Crippen LogP contribution in [0.2, 0.25) is 0 Å². The van der Waals surface area contributed by atoms with Crippen LogP contribution in [0.15, 0.2) is 78.9 Å². The van der Waals surface area contributed by atoms with Crippen molar-refractivity contribution in [3.63, 3.8) is 0 Å². The molecule has 0 spiro atoms. The minimum atomic E-state index is 0.228. The van der Waals surface area contributed by atoms with Gasteiger partial charge >= 0.3 is 0 Å². The Kier molecular flexibility index (Phi) is 6.91. The van der Waals surface area contributed by atoms with Crippen molar-refractivity contribution in [3.8, 4) is 5.75 Å². The molecule has 190 valence electrons. The van der Waals surface area contributed by atoms with Crippen LogP contribution >= 0.6 is 0 Å². The number of hydrogen-bond donors (Lipinski definition) is 0. The number of hydrogen-bond acceptors (Lipinski definition) is 4. The first-order chi connectivity index (χ1) is 18.2. The van der Waals surface area contributed by atoms with Crippen LogP contribution in [0.4, 0.5) is 5.69 Å². The molecule has 0 saturated carbocycles. The topological polar surface area (TPSA) is 50.6 Å². The molecule has 1 aromatic heterocycles. The molecule has 0 aliphatic carbocycles. The second-order valence-electron chi connectivity index (χ2n) is 10.2. The Bertz CT molecular complexity index is 1360. The highest BCUT2D eigenvalue weighted by molar-refractivity contribution is 5.96. The van der Waals surface area contributed by atoms with E-state index in [2.05, 4.69) is 45.9 Å². The summed E-state index contributed by atoms with van der Waals surface area (Å²) >= 11 is 0. The highest BCUT2D eigenvalue weighted by atomic mass is 16.5. The quantitative estimate of drug-likeness (QED) is 0.350. The van der Waals surface area contributed by atoms with Crippen molar-refractivity contribution in [2.24, 2.45) is 5.92 Å². The van der Waals surface area contributed by atoms with E-state index in [-0.39, 0.29) is 5.91 Å². The zero-order chi connectivity index (χ0) is 25.0. The number of para-hydroxylation sites is 4. The van der Waals surface area contributed by atoms with Crippen LogP contribution in [-0.4, -0.2) is 46.5 Å². The van der Waals surface area contributed by atoms with Crippen molar-refractivity contribution in [1.82, 2.24) is 14.5 Å². The number of likely N-dealkylation sites (tertiary alicyclic amines) is 1. The first-order valence-corrected chi connectivity index (χ1v) is 13.5. The summed E-state index contributed by atoms with van der Waals surface area (Å²) in [4.78, 5) is 22.4. The Labute approximate surface area is 218 Å². The predicted molar refractivity (Wildman–Crippen MR) is 147 cm³/mol. The molecule has 0 atom stereocenters. The Morgan fingerprint density at radius 2 is 1.65 bits per heavy atom. The fourth-order valence-electron chi connectivity index (χ4n) is 5.76. The third kappa shape index (κ3) is 5.25. The number of carbonyl (C=O) groups excluding carboxylic acids is 1. The average Bonchev–Trinajstić information content (AvgIpc) is 3.30. The number of piperidine rings is 1. The third-order valence-electron chi connectivity index (χ3n) is 7.76. The predicted octanol–water partition coefficient (Wildman–Crippen LogP) is 5.31. The van der Waals surface area contributed by atoms with Gasteiger partial charge in [0.15, 0.2) is 0 Å². The number of ether oxygens (including phenoxy) is 1. The molecule has 0 bridgehead atoms. The fraction of sp³-hybridized carbons (Fsp3) is 0.355. The number of anilines is 1. The second kappa shape index (κ2) is 10.8. The van der Waals surface area contributed by atoms with E-state index in [4.69, 9.17) is 9.72 Å². The molecule has 2 aliphatic rings. The van der Waals surface area contributed by atoms with E-state index in [0.717, 1.165) is 80.2 Å². The Morgan fingerprint density at radius 1 is 0.892 bits per heavy atom. The van der Waals surface area contributed by atoms with E-state index in [1.807, 2.05) is 47.4 Å². The lowest BCUT2D eigenvalue weighted by atomic mass is 9.96. The summed E-state index contributed by atoms with van der Waals surface area (Å²) < 4.78 is 8.40. The van der Waals surface area contributed by atoms with Crippen LogP contribution in [0, 0.1) is 5.92 Å². The molecule has 0 unspecified atom stereocenters. The number of carbonyl (C=O) groups is 1.